The number of aromatic nitrogens is 1. The van der Waals surface area contributed by atoms with Crippen LogP contribution in [0.3, 0.4) is 0 Å². The van der Waals surface area contributed by atoms with Gasteiger partial charge >= 0.3 is 0 Å². The largest absolute Gasteiger partial charge is 0.335 e. The van der Waals surface area contributed by atoms with Crippen LogP contribution < -0.4 is 5.32 Å². The Morgan fingerprint density at radius 1 is 1.12 bits per heavy atom. The lowest BCUT2D eigenvalue weighted by Crippen LogP contribution is -2.40. The summed E-state index contributed by atoms with van der Waals surface area (Å²) in [4.78, 5) is 31.6. The van der Waals surface area contributed by atoms with E-state index in [1.54, 1.807) is 23.1 Å². The van der Waals surface area contributed by atoms with E-state index in [2.05, 4.69) is 10.3 Å². The third-order valence-corrected chi connectivity index (χ3v) is 9.33. The fraction of sp³-hybridized carbons (Fsp3) is 0.375. The second-order valence-electron chi connectivity index (χ2n) is 8.69. The molecule has 3 heterocycles. The Hall–Kier alpha value is -2.82. The first-order valence-electron chi connectivity index (χ1n) is 11.4. The number of anilines is 1. The Kier molecular flexibility index (Phi) is 6.13. The first-order chi connectivity index (χ1) is 16.3. The average molecular weight is 499 g/mol. The van der Waals surface area contributed by atoms with Crippen LogP contribution in [0.4, 0.5) is 5.13 Å². The van der Waals surface area contributed by atoms with Gasteiger partial charge in [-0.1, -0.05) is 35.6 Å². The van der Waals surface area contributed by atoms with Crippen molar-refractivity contribution < 1.29 is 18.0 Å². The Bertz CT molecular complexity index is 1360. The van der Waals surface area contributed by atoms with Gasteiger partial charge in [0.15, 0.2) is 5.13 Å². The summed E-state index contributed by atoms with van der Waals surface area (Å²) in [7, 11) is -3.52. The van der Waals surface area contributed by atoms with Gasteiger partial charge in [0.25, 0.3) is 0 Å². The predicted octanol–water partition coefficient (Wildman–Crippen LogP) is 3.56. The number of rotatable bonds is 5. The summed E-state index contributed by atoms with van der Waals surface area (Å²) in [6, 6.07) is 12.5. The van der Waals surface area contributed by atoms with Crippen molar-refractivity contribution in [3.05, 3.63) is 53.6 Å². The van der Waals surface area contributed by atoms with Crippen LogP contribution in [-0.2, 0) is 26.0 Å². The van der Waals surface area contributed by atoms with E-state index < -0.39 is 10.0 Å². The van der Waals surface area contributed by atoms with Crippen LogP contribution >= 0.6 is 11.3 Å². The minimum Gasteiger partial charge on any atom is -0.335 e. The molecule has 34 heavy (non-hydrogen) atoms. The molecule has 1 fully saturated rings. The van der Waals surface area contributed by atoms with E-state index in [-0.39, 0.29) is 29.2 Å². The lowest BCUT2D eigenvalue weighted by Gasteiger charge is -2.36. The molecule has 1 unspecified atom stereocenters. The molecule has 178 valence electrons. The zero-order valence-electron chi connectivity index (χ0n) is 18.9. The quantitative estimate of drug-likeness (QED) is 0.580. The van der Waals surface area contributed by atoms with Gasteiger partial charge in [0.05, 0.1) is 27.6 Å². The Morgan fingerprint density at radius 2 is 1.88 bits per heavy atom. The molecule has 2 aromatic carbocycles. The van der Waals surface area contributed by atoms with Gasteiger partial charge in [0.1, 0.15) is 0 Å². The SMILES string of the molecule is CC(=O)N1CCc2ccccc2C1CC(=O)Nc1nc2ccc(S(=O)(=O)N3CCCC3)cc2s1. The standard InChI is InChI=1S/C24H26N4O4S2/c1-16(29)28-13-10-17-6-2-3-7-19(17)21(28)15-23(30)26-24-25-20-9-8-18(14-22(20)33-24)34(31,32)27-11-4-5-12-27/h2-3,6-9,14,21H,4-5,10-13,15H2,1H3,(H,25,26,30). The minimum absolute atomic E-state index is 0.0565. The van der Waals surface area contributed by atoms with Gasteiger partial charge in [-0.3, -0.25) is 9.59 Å². The number of nitrogens with zero attached hydrogens (tertiary/aromatic N) is 3. The van der Waals surface area contributed by atoms with Crippen molar-refractivity contribution in [2.24, 2.45) is 0 Å². The molecule has 0 bridgehead atoms. The molecule has 1 aromatic heterocycles. The number of benzene rings is 2. The maximum atomic E-state index is 13.0. The molecule has 0 radical (unpaired) electrons. The molecule has 2 aliphatic heterocycles. The zero-order valence-corrected chi connectivity index (χ0v) is 20.5. The average Bonchev–Trinajstić information content (AvgIpc) is 3.48. The topological polar surface area (TPSA) is 99.7 Å². The van der Waals surface area contributed by atoms with Gasteiger partial charge in [0.2, 0.25) is 21.8 Å². The van der Waals surface area contributed by atoms with Crippen LogP contribution in [0.25, 0.3) is 10.2 Å². The summed E-state index contributed by atoms with van der Waals surface area (Å²) >= 11 is 1.25. The van der Waals surface area contributed by atoms with E-state index in [9.17, 15) is 18.0 Å². The lowest BCUT2D eigenvalue weighted by molar-refractivity contribution is -0.132. The molecular weight excluding hydrogens is 472 g/mol. The molecule has 2 amide bonds. The molecule has 10 heteroatoms. The van der Waals surface area contributed by atoms with E-state index in [0.717, 1.165) is 30.4 Å². The Labute approximate surface area is 202 Å². The van der Waals surface area contributed by atoms with Crippen LogP contribution in [0.5, 0.6) is 0 Å². The van der Waals surface area contributed by atoms with E-state index in [1.165, 1.54) is 22.6 Å². The normalized spacial score (nSPS) is 18.7. The third-order valence-electron chi connectivity index (χ3n) is 6.50. The van der Waals surface area contributed by atoms with Crippen LogP contribution in [-0.4, -0.2) is 54.1 Å². The van der Waals surface area contributed by atoms with Gasteiger partial charge in [-0.25, -0.2) is 13.4 Å². The Balaban J connectivity index is 1.35. The number of carbonyl (C=O) groups excluding carboxylic acids is 2. The third kappa shape index (κ3) is 4.33. The summed E-state index contributed by atoms with van der Waals surface area (Å²) in [6.07, 6.45) is 2.66. The second kappa shape index (κ2) is 9.09. The molecule has 1 N–H and O–H groups in total. The molecule has 1 saturated heterocycles. The zero-order chi connectivity index (χ0) is 23.9. The molecule has 0 saturated carbocycles. The maximum absolute atomic E-state index is 13.0. The number of hydrogen-bond acceptors (Lipinski definition) is 6. The second-order valence-corrected chi connectivity index (χ2v) is 11.7. The van der Waals surface area contributed by atoms with Crippen molar-refractivity contribution in [3.8, 4) is 0 Å². The van der Waals surface area contributed by atoms with E-state index in [1.807, 2.05) is 24.3 Å². The van der Waals surface area contributed by atoms with Crippen molar-refractivity contribution in [1.82, 2.24) is 14.2 Å². The molecule has 5 rings (SSSR count). The van der Waals surface area contributed by atoms with Crippen LogP contribution in [0.2, 0.25) is 0 Å². The number of thiazole rings is 1. The van der Waals surface area contributed by atoms with Gasteiger partial charge < -0.3 is 10.2 Å². The van der Waals surface area contributed by atoms with Crippen molar-refractivity contribution in [2.45, 2.75) is 43.5 Å². The van der Waals surface area contributed by atoms with E-state index in [0.29, 0.717) is 35.0 Å². The predicted molar refractivity (Wildman–Crippen MR) is 131 cm³/mol. The molecule has 0 spiro atoms. The number of fused-ring (bicyclic) bond motifs is 2. The molecule has 1 atom stereocenters. The minimum atomic E-state index is -3.52. The monoisotopic (exact) mass is 498 g/mol. The maximum Gasteiger partial charge on any atom is 0.243 e. The molecule has 2 aliphatic rings. The van der Waals surface area contributed by atoms with Crippen molar-refractivity contribution >= 4 is 48.5 Å². The number of nitrogens with one attached hydrogen (secondary N) is 1. The number of sulfonamides is 1. The van der Waals surface area contributed by atoms with Gasteiger partial charge in [-0.15, -0.1) is 0 Å². The highest BCUT2D eigenvalue weighted by Gasteiger charge is 2.31. The van der Waals surface area contributed by atoms with Gasteiger partial charge in [0, 0.05) is 26.6 Å². The summed E-state index contributed by atoms with van der Waals surface area (Å²) in [6.45, 7) is 3.21. The van der Waals surface area contributed by atoms with Gasteiger partial charge in [-0.05, 0) is 48.6 Å². The number of carbonyl (C=O) groups is 2. The highest BCUT2D eigenvalue weighted by Crippen LogP contribution is 2.34. The van der Waals surface area contributed by atoms with Gasteiger partial charge in [-0.2, -0.15) is 4.31 Å². The van der Waals surface area contributed by atoms with Crippen molar-refractivity contribution in [3.63, 3.8) is 0 Å². The highest BCUT2D eigenvalue weighted by molar-refractivity contribution is 7.89. The fourth-order valence-electron chi connectivity index (χ4n) is 4.79. The molecule has 3 aromatic rings. The first-order valence-corrected chi connectivity index (χ1v) is 13.6. The fourth-order valence-corrected chi connectivity index (χ4v) is 7.33. The summed E-state index contributed by atoms with van der Waals surface area (Å²) in [5.74, 6) is -0.295. The van der Waals surface area contributed by atoms with Crippen LogP contribution in [0.15, 0.2) is 47.4 Å². The van der Waals surface area contributed by atoms with Crippen LogP contribution in [0, 0.1) is 0 Å². The number of hydrogen-bond donors (Lipinski definition) is 1. The molecular formula is C24H26N4O4S2. The first kappa shape index (κ1) is 22.9. The summed E-state index contributed by atoms with van der Waals surface area (Å²) in [5.41, 5.74) is 2.79. The lowest BCUT2D eigenvalue weighted by atomic mass is 9.90. The van der Waals surface area contributed by atoms with Crippen molar-refractivity contribution in [2.75, 3.05) is 25.0 Å². The van der Waals surface area contributed by atoms with Crippen molar-refractivity contribution in [1.29, 1.82) is 0 Å². The molecule has 0 aliphatic carbocycles. The number of amides is 2. The van der Waals surface area contributed by atoms with E-state index in [4.69, 9.17) is 0 Å². The van der Waals surface area contributed by atoms with E-state index >= 15 is 0 Å². The van der Waals surface area contributed by atoms with Crippen LogP contribution in [0.1, 0.15) is 43.4 Å². The summed E-state index contributed by atoms with van der Waals surface area (Å²) < 4.78 is 28.0. The smallest absolute Gasteiger partial charge is 0.243 e. The highest BCUT2D eigenvalue weighted by atomic mass is 32.2. The summed E-state index contributed by atoms with van der Waals surface area (Å²) in [5, 5.41) is 3.26. The molecule has 8 nitrogen and oxygen atoms in total. The Morgan fingerprint density at radius 3 is 2.65 bits per heavy atom.